The van der Waals surface area contributed by atoms with Gasteiger partial charge in [-0.25, -0.2) is 0 Å². The van der Waals surface area contributed by atoms with E-state index in [4.69, 9.17) is 0 Å². The molecule has 0 aromatic rings. The molecule has 0 fully saturated rings. The maximum Gasteiger partial charge on any atom is 4.00 e. The smallest absolute Gasteiger partial charge is 2.00 e. The van der Waals surface area contributed by atoms with Crippen molar-refractivity contribution >= 4 is 55.1 Å². The van der Waals surface area contributed by atoms with Gasteiger partial charge in [-0.2, -0.15) is 0 Å². The van der Waals surface area contributed by atoms with Gasteiger partial charge in [-0.1, -0.05) is 0 Å². The molecule has 0 unspecified atom stereocenters. The molecule has 4 heteroatoms. The Morgan fingerprint density at radius 2 is 1.00 bits per heavy atom. The summed E-state index contributed by atoms with van der Waals surface area (Å²) in [5.74, 6) is 0. The van der Waals surface area contributed by atoms with Gasteiger partial charge in [0, 0.05) is 0 Å². The number of hydrogen-bond acceptors (Lipinski definition) is 0. The Hall–Kier alpha value is 2.64. The fraction of sp³-hybridized carbons (Fsp3) is 0. The van der Waals surface area contributed by atoms with E-state index in [1.807, 2.05) is 0 Å². The van der Waals surface area contributed by atoms with E-state index in [1.165, 1.54) is 0 Å². The van der Waals surface area contributed by atoms with E-state index >= 15 is 0 Å². The molecule has 0 aromatic carbocycles. The van der Waals surface area contributed by atoms with Crippen LogP contribution in [0.15, 0.2) is 0 Å². The summed E-state index contributed by atoms with van der Waals surface area (Å²) in [6, 6.07) is 0. The minimum atomic E-state index is 0. The van der Waals surface area contributed by atoms with Gasteiger partial charge in [-0.05, 0) is 0 Å². The molecule has 1 nitrogen and oxygen atoms in total. The molecule has 0 aromatic heterocycles. The maximum absolute atomic E-state index is 0. The Morgan fingerprint density at radius 3 is 1.00 bits per heavy atom. The van der Waals surface area contributed by atoms with E-state index in [1.54, 1.807) is 0 Å². The van der Waals surface area contributed by atoms with E-state index in [-0.39, 0.29) is 86.8 Å². The molecule has 0 spiro atoms. The zero-order valence-corrected chi connectivity index (χ0v) is 8.01. The molecule has 0 rings (SSSR count). The summed E-state index contributed by atoms with van der Waals surface area (Å²) >= 11 is 0. The largest absolute Gasteiger partial charge is 4.00 e. The standard InChI is InChI=1S/Al.Ca.O.Zr/q+3;+2;-2;+4. The predicted octanol–water partition coefficient (Wildman–Crippen LogP) is -0.883. The van der Waals surface area contributed by atoms with Crippen molar-refractivity contribution in [3.05, 3.63) is 0 Å². The molecule has 0 saturated heterocycles. The maximum atomic E-state index is 0. The van der Waals surface area contributed by atoms with Gasteiger partial charge in [-0.3, -0.25) is 0 Å². The fourth-order valence-electron chi connectivity index (χ4n) is 0. The third kappa shape index (κ3) is 8.82. The fourth-order valence-corrected chi connectivity index (χ4v) is 0. The van der Waals surface area contributed by atoms with Gasteiger partial charge in [0.05, 0.1) is 0 Å². The molecule has 0 aliphatic carbocycles. The van der Waals surface area contributed by atoms with Crippen LogP contribution in [0.5, 0.6) is 0 Å². The molecule has 0 amide bonds. The molecule has 0 aliphatic heterocycles. The molecule has 0 aliphatic rings. The normalized spacial score (nSPS) is 0. The molecule has 0 saturated carbocycles. The number of hydrogen-bond donors (Lipinski definition) is 0. The predicted molar refractivity (Wildman–Crippen MR) is 12.2 cm³/mol. The number of rotatable bonds is 0. The first-order valence-corrected chi connectivity index (χ1v) is 0. The van der Waals surface area contributed by atoms with Crippen LogP contribution in [-0.4, -0.2) is 55.1 Å². The van der Waals surface area contributed by atoms with Gasteiger partial charge in [0.15, 0.2) is 0 Å². The van der Waals surface area contributed by atoms with Crippen LogP contribution in [0.2, 0.25) is 0 Å². The van der Waals surface area contributed by atoms with Gasteiger partial charge >= 0.3 is 81.3 Å². The summed E-state index contributed by atoms with van der Waals surface area (Å²) in [5, 5.41) is 0. The molecule has 8 valence electrons. The van der Waals surface area contributed by atoms with Crippen LogP contribution in [0.4, 0.5) is 0 Å². The van der Waals surface area contributed by atoms with E-state index in [9.17, 15) is 0 Å². The van der Waals surface area contributed by atoms with Crippen LogP contribution >= 0.6 is 0 Å². The summed E-state index contributed by atoms with van der Waals surface area (Å²) in [7, 11) is 0. The van der Waals surface area contributed by atoms with Crippen LogP contribution < -0.4 is 0 Å². The Bertz CT molecular complexity index is 8.00. The minimum absolute atomic E-state index is 0. The van der Waals surface area contributed by atoms with E-state index in [0.717, 1.165) is 0 Å². The van der Waals surface area contributed by atoms with E-state index in [2.05, 4.69) is 0 Å². The van der Waals surface area contributed by atoms with Crippen molar-refractivity contribution in [1.82, 2.24) is 0 Å². The van der Waals surface area contributed by atoms with E-state index < -0.39 is 0 Å². The minimum Gasteiger partial charge on any atom is -2.00 e. The van der Waals surface area contributed by atoms with Crippen molar-refractivity contribution in [2.45, 2.75) is 0 Å². The van der Waals surface area contributed by atoms with Crippen LogP contribution in [0.3, 0.4) is 0 Å². The van der Waals surface area contributed by atoms with Crippen molar-refractivity contribution in [2.24, 2.45) is 0 Å². The quantitative estimate of drug-likeness (QED) is 0.427. The molecule has 4 heavy (non-hydrogen) atoms. The van der Waals surface area contributed by atoms with Crippen LogP contribution in [-0.2, 0) is 31.7 Å². The van der Waals surface area contributed by atoms with Crippen LogP contribution in [0.25, 0.3) is 0 Å². The Kier molecular flexibility index (Phi) is 132. The van der Waals surface area contributed by atoms with Crippen molar-refractivity contribution in [2.75, 3.05) is 0 Å². The summed E-state index contributed by atoms with van der Waals surface area (Å²) in [6.07, 6.45) is 0. The zero-order chi connectivity index (χ0) is 0. The van der Waals surface area contributed by atoms with Gasteiger partial charge < -0.3 is 5.48 Å². The van der Waals surface area contributed by atoms with Crippen molar-refractivity contribution in [1.29, 1.82) is 0 Å². The Morgan fingerprint density at radius 1 is 1.00 bits per heavy atom. The summed E-state index contributed by atoms with van der Waals surface area (Å²) < 4.78 is 0. The van der Waals surface area contributed by atoms with Crippen LogP contribution in [0.1, 0.15) is 0 Å². The average Bonchev–Trinajstić information content (AvgIpc) is 0. The van der Waals surface area contributed by atoms with Gasteiger partial charge in [0.2, 0.25) is 0 Å². The summed E-state index contributed by atoms with van der Waals surface area (Å²) in [5.41, 5.74) is 0. The molecule has 0 bridgehead atoms. The molecular weight excluding hydrogens is 174 g/mol. The van der Waals surface area contributed by atoms with Gasteiger partial charge in [0.1, 0.15) is 0 Å². The average molecular weight is 174 g/mol. The SMILES string of the molecule is [Al+3].[Ca+2].[O-2].[Zr+4]. The third-order valence-corrected chi connectivity index (χ3v) is 0. The molecule has 0 heterocycles. The van der Waals surface area contributed by atoms with Crippen molar-refractivity contribution in [3.8, 4) is 0 Å². The zero-order valence-electron chi connectivity index (χ0n) is 2.19. The van der Waals surface area contributed by atoms with Crippen molar-refractivity contribution in [3.63, 3.8) is 0 Å². The van der Waals surface area contributed by atoms with Gasteiger partial charge in [0.25, 0.3) is 0 Å². The topological polar surface area (TPSA) is 28.5 Å². The van der Waals surface area contributed by atoms with E-state index in [0.29, 0.717) is 0 Å². The second-order valence-electron chi connectivity index (χ2n) is 0. The van der Waals surface area contributed by atoms with Gasteiger partial charge in [-0.15, -0.1) is 0 Å². The third-order valence-electron chi connectivity index (χ3n) is 0. The first-order valence-electron chi connectivity index (χ1n) is 0. The molecule has 0 radical (unpaired) electrons. The second kappa shape index (κ2) is 17.4. The monoisotopic (exact) mass is 173 g/mol. The first kappa shape index (κ1) is 30.3. The first-order chi connectivity index (χ1) is 0. The Balaban J connectivity index is 0. The molecule has 0 N–H and O–H groups in total. The molecular formula is AlCaOZr+7. The second-order valence-corrected chi connectivity index (χ2v) is 0. The van der Waals surface area contributed by atoms with Crippen LogP contribution in [0, 0.1) is 0 Å². The Labute approximate surface area is 85.1 Å². The summed E-state index contributed by atoms with van der Waals surface area (Å²) in [4.78, 5) is 0. The summed E-state index contributed by atoms with van der Waals surface area (Å²) in [6.45, 7) is 0. The van der Waals surface area contributed by atoms with Crippen molar-refractivity contribution < 1.29 is 31.7 Å². The molecule has 0 atom stereocenters.